The number of aliphatic hydroxyl groups excluding tert-OH is 1. The van der Waals surface area contributed by atoms with E-state index in [2.05, 4.69) is 22.2 Å². The number of ether oxygens (including phenoxy) is 1. The van der Waals surface area contributed by atoms with Crippen LogP contribution >= 0.6 is 0 Å². The van der Waals surface area contributed by atoms with Gasteiger partial charge in [0.1, 0.15) is 18.2 Å². The molecule has 0 unspecified atom stereocenters. The first-order valence-electron chi connectivity index (χ1n) is 6.80. The predicted octanol–water partition coefficient (Wildman–Crippen LogP) is 1.80. The summed E-state index contributed by atoms with van der Waals surface area (Å²) < 4.78 is 5.54. The molecule has 0 aliphatic heterocycles. The van der Waals surface area contributed by atoms with Crippen molar-refractivity contribution in [3.05, 3.63) is 18.2 Å². The van der Waals surface area contributed by atoms with E-state index in [1.807, 2.05) is 18.2 Å². The molecule has 0 atom stereocenters. The van der Waals surface area contributed by atoms with Gasteiger partial charge in [0.15, 0.2) is 0 Å². The highest BCUT2D eigenvalue weighted by molar-refractivity contribution is 5.95. The Hall–Kier alpha value is -2.08. The summed E-state index contributed by atoms with van der Waals surface area (Å²) in [4.78, 5) is 8.47. The molecule has 20 heavy (non-hydrogen) atoms. The molecule has 2 aromatic rings. The number of aliphatic hydroxyl groups is 1. The van der Waals surface area contributed by atoms with E-state index in [9.17, 15) is 0 Å². The van der Waals surface area contributed by atoms with Crippen molar-refractivity contribution >= 4 is 22.7 Å². The van der Waals surface area contributed by atoms with E-state index < -0.39 is 0 Å². The van der Waals surface area contributed by atoms with Crippen LogP contribution in [0.2, 0.25) is 0 Å². The lowest BCUT2D eigenvalue weighted by molar-refractivity contribution is 0.203. The summed E-state index contributed by atoms with van der Waals surface area (Å²) >= 11 is 0. The highest BCUT2D eigenvalue weighted by Crippen LogP contribution is 2.30. The van der Waals surface area contributed by atoms with Crippen LogP contribution in [-0.2, 0) is 0 Å². The van der Waals surface area contributed by atoms with Crippen LogP contribution in [0.1, 0.15) is 19.8 Å². The maximum Gasteiger partial charge on any atom is 0.222 e. The van der Waals surface area contributed by atoms with Gasteiger partial charge in [-0.2, -0.15) is 4.98 Å². The van der Waals surface area contributed by atoms with Crippen LogP contribution in [0.3, 0.4) is 0 Å². The Morgan fingerprint density at radius 1 is 1.35 bits per heavy atom. The Morgan fingerprint density at radius 3 is 2.95 bits per heavy atom. The third-order valence-electron chi connectivity index (χ3n) is 2.87. The first-order chi connectivity index (χ1) is 9.76. The fraction of sp³-hybridized carbons (Fsp3) is 0.429. The van der Waals surface area contributed by atoms with Gasteiger partial charge in [-0.25, -0.2) is 4.98 Å². The normalized spacial score (nSPS) is 10.7. The van der Waals surface area contributed by atoms with Crippen LogP contribution in [0.4, 0.5) is 11.8 Å². The molecule has 0 saturated carbocycles. The van der Waals surface area contributed by atoms with Gasteiger partial charge in [-0.3, -0.25) is 0 Å². The van der Waals surface area contributed by atoms with Crippen LogP contribution in [0.15, 0.2) is 18.2 Å². The number of benzene rings is 1. The maximum absolute atomic E-state index is 8.89. The lowest BCUT2D eigenvalue weighted by Gasteiger charge is -2.13. The lowest BCUT2D eigenvalue weighted by Crippen LogP contribution is -2.08. The van der Waals surface area contributed by atoms with Crippen molar-refractivity contribution < 1.29 is 9.84 Å². The van der Waals surface area contributed by atoms with Gasteiger partial charge >= 0.3 is 0 Å². The molecule has 0 saturated heterocycles. The molecule has 0 bridgehead atoms. The summed E-state index contributed by atoms with van der Waals surface area (Å²) in [6, 6.07) is 5.55. The van der Waals surface area contributed by atoms with Crippen molar-refractivity contribution in [3.8, 4) is 5.75 Å². The number of nitrogens with one attached hydrogen (secondary N) is 1. The Balaban J connectivity index is 2.41. The zero-order chi connectivity index (χ0) is 14.4. The van der Waals surface area contributed by atoms with Crippen molar-refractivity contribution in [2.24, 2.45) is 0 Å². The van der Waals surface area contributed by atoms with E-state index in [1.165, 1.54) is 0 Å². The van der Waals surface area contributed by atoms with Gasteiger partial charge < -0.3 is 20.9 Å². The van der Waals surface area contributed by atoms with Gasteiger partial charge in [-0.15, -0.1) is 0 Å². The Morgan fingerprint density at radius 2 is 2.20 bits per heavy atom. The standard InChI is InChI=1S/C14H20N4O2/c1-2-3-7-16-13-12-10(17-14(15)18-13)5-4-6-11(12)20-9-8-19/h4-6,19H,2-3,7-9H2,1H3,(H3,15,16,17,18). The molecule has 0 fully saturated rings. The number of anilines is 2. The topological polar surface area (TPSA) is 93.3 Å². The highest BCUT2D eigenvalue weighted by atomic mass is 16.5. The zero-order valence-corrected chi connectivity index (χ0v) is 11.6. The molecular formula is C14H20N4O2. The second-order valence-corrected chi connectivity index (χ2v) is 4.43. The molecule has 108 valence electrons. The third-order valence-corrected chi connectivity index (χ3v) is 2.87. The number of aromatic nitrogens is 2. The number of nitrogens with two attached hydrogens (primary N) is 1. The minimum absolute atomic E-state index is 0.0369. The summed E-state index contributed by atoms with van der Waals surface area (Å²) in [7, 11) is 0. The van der Waals surface area contributed by atoms with E-state index >= 15 is 0 Å². The van der Waals surface area contributed by atoms with Crippen molar-refractivity contribution in [1.82, 2.24) is 9.97 Å². The quantitative estimate of drug-likeness (QED) is 0.668. The van der Waals surface area contributed by atoms with Gasteiger partial charge in [0, 0.05) is 6.54 Å². The highest BCUT2D eigenvalue weighted by Gasteiger charge is 2.11. The number of fused-ring (bicyclic) bond motifs is 1. The molecule has 1 aromatic carbocycles. The average molecular weight is 276 g/mol. The molecule has 0 spiro atoms. The second kappa shape index (κ2) is 6.91. The molecule has 0 aliphatic rings. The molecule has 2 rings (SSSR count). The van der Waals surface area contributed by atoms with Crippen molar-refractivity contribution in [1.29, 1.82) is 0 Å². The van der Waals surface area contributed by atoms with Crippen LogP contribution in [-0.4, -0.2) is 34.8 Å². The SMILES string of the molecule is CCCCNc1nc(N)nc2cccc(OCCO)c12. The minimum atomic E-state index is -0.0369. The summed E-state index contributed by atoms with van der Waals surface area (Å²) in [5, 5.41) is 13.0. The van der Waals surface area contributed by atoms with E-state index in [0.29, 0.717) is 11.6 Å². The van der Waals surface area contributed by atoms with Crippen molar-refractivity contribution in [2.45, 2.75) is 19.8 Å². The number of hydrogen-bond donors (Lipinski definition) is 3. The molecule has 4 N–H and O–H groups in total. The number of nitrogens with zero attached hydrogens (tertiary/aromatic N) is 2. The van der Waals surface area contributed by atoms with Gasteiger partial charge in [-0.05, 0) is 18.6 Å². The van der Waals surface area contributed by atoms with Gasteiger partial charge in [0.05, 0.1) is 17.5 Å². The summed E-state index contributed by atoms with van der Waals surface area (Å²) in [5.74, 6) is 1.56. The molecule has 0 aliphatic carbocycles. The molecule has 6 heteroatoms. The van der Waals surface area contributed by atoms with Gasteiger partial charge in [0.2, 0.25) is 5.95 Å². The van der Waals surface area contributed by atoms with E-state index in [1.54, 1.807) is 0 Å². The third kappa shape index (κ3) is 3.27. The monoisotopic (exact) mass is 276 g/mol. The van der Waals surface area contributed by atoms with Crippen LogP contribution < -0.4 is 15.8 Å². The van der Waals surface area contributed by atoms with Crippen LogP contribution in [0, 0.1) is 0 Å². The van der Waals surface area contributed by atoms with Crippen LogP contribution in [0.5, 0.6) is 5.75 Å². The number of unbranched alkanes of at least 4 members (excludes halogenated alkanes) is 1. The molecular weight excluding hydrogens is 256 g/mol. The minimum Gasteiger partial charge on any atom is -0.490 e. The number of hydrogen-bond acceptors (Lipinski definition) is 6. The molecule has 6 nitrogen and oxygen atoms in total. The summed E-state index contributed by atoms with van der Waals surface area (Å²) in [6.07, 6.45) is 2.14. The summed E-state index contributed by atoms with van der Waals surface area (Å²) in [5.41, 5.74) is 6.46. The largest absolute Gasteiger partial charge is 0.490 e. The Labute approximate surface area is 118 Å². The van der Waals surface area contributed by atoms with Crippen molar-refractivity contribution in [2.75, 3.05) is 30.8 Å². The number of nitrogen functional groups attached to an aromatic ring is 1. The molecule has 1 heterocycles. The van der Waals surface area contributed by atoms with Crippen LogP contribution in [0.25, 0.3) is 10.9 Å². The Bertz CT molecular complexity index is 574. The fourth-order valence-corrected chi connectivity index (χ4v) is 1.96. The zero-order valence-electron chi connectivity index (χ0n) is 11.6. The first kappa shape index (κ1) is 14.3. The predicted molar refractivity (Wildman–Crippen MR) is 79.9 cm³/mol. The first-order valence-corrected chi connectivity index (χ1v) is 6.80. The molecule has 1 aromatic heterocycles. The smallest absolute Gasteiger partial charge is 0.222 e. The Kier molecular flexibility index (Phi) is 4.95. The van der Waals surface area contributed by atoms with Gasteiger partial charge in [-0.1, -0.05) is 19.4 Å². The average Bonchev–Trinajstić information content (AvgIpc) is 2.44. The van der Waals surface area contributed by atoms with E-state index in [4.69, 9.17) is 15.6 Å². The van der Waals surface area contributed by atoms with E-state index in [0.717, 1.165) is 30.3 Å². The van der Waals surface area contributed by atoms with E-state index in [-0.39, 0.29) is 19.2 Å². The summed E-state index contributed by atoms with van der Waals surface area (Å²) in [6.45, 7) is 3.14. The number of rotatable bonds is 7. The maximum atomic E-state index is 8.89. The molecule has 0 radical (unpaired) electrons. The second-order valence-electron chi connectivity index (χ2n) is 4.43. The fourth-order valence-electron chi connectivity index (χ4n) is 1.96. The lowest BCUT2D eigenvalue weighted by atomic mass is 10.2. The molecule has 0 amide bonds. The van der Waals surface area contributed by atoms with Crippen molar-refractivity contribution in [3.63, 3.8) is 0 Å². The van der Waals surface area contributed by atoms with Gasteiger partial charge in [0.25, 0.3) is 0 Å².